The van der Waals surface area contributed by atoms with Gasteiger partial charge in [0.25, 0.3) is 0 Å². The number of imidazole rings is 1. The molecule has 1 aliphatic heterocycles. The average Bonchev–Trinajstić information content (AvgIpc) is 3.00. The van der Waals surface area contributed by atoms with Gasteiger partial charge < -0.3 is 4.74 Å². The molecule has 0 spiro atoms. The second kappa shape index (κ2) is 5.46. The smallest absolute Gasteiger partial charge is 0.165 e. The molecule has 0 aromatic carbocycles. The molecule has 1 atom stereocenters. The first-order valence-corrected chi connectivity index (χ1v) is 7.56. The zero-order valence-corrected chi connectivity index (χ0v) is 12.4. The highest BCUT2D eigenvalue weighted by Crippen LogP contribution is 2.29. The van der Waals surface area contributed by atoms with Crippen LogP contribution in [0.1, 0.15) is 31.2 Å². The van der Waals surface area contributed by atoms with E-state index in [9.17, 15) is 0 Å². The van der Waals surface area contributed by atoms with E-state index in [4.69, 9.17) is 4.74 Å². The van der Waals surface area contributed by atoms with Gasteiger partial charge in [-0.2, -0.15) is 0 Å². The Hall–Kier alpha value is -2.34. The third kappa shape index (κ3) is 2.16. The van der Waals surface area contributed by atoms with Gasteiger partial charge in [0, 0.05) is 24.1 Å². The molecule has 6 heteroatoms. The van der Waals surface area contributed by atoms with Crippen LogP contribution in [0, 0.1) is 6.92 Å². The fourth-order valence-electron chi connectivity index (χ4n) is 2.94. The molecule has 1 fully saturated rings. The van der Waals surface area contributed by atoms with Gasteiger partial charge in [0.15, 0.2) is 5.65 Å². The zero-order valence-electron chi connectivity index (χ0n) is 12.4. The third-order valence-electron chi connectivity index (χ3n) is 4.09. The summed E-state index contributed by atoms with van der Waals surface area (Å²) in [5.41, 5.74) is 4.37. The number of aromatic nitrogens is 5. The van der Waals surface area contributed by atoms with Crippen molar-refractivity contribution in [2.75, 3.05) is 6.61 Å². The Kier molecular flexibility index (Phi) is 3.31. The minimum atomic E-state index is 0.0245. The maximum Gasteiger partial charge on any atom is 0.165 e. The number of hydrogen-bond acceptors (Lipinski definition) is 5. The Bertz CT molecular complexity index is 807. The second-order valence-corrected chi connectivity index (χ2v) is 5.50. The number of pyridine rings is 1. The number of aryl methyl sites for hydroxylation is 1. The van der Waals surface area contributed by atoms with Crippen LogP contribution in [0.3, 0.4) is 0 Å². The number of ether oxygens (including phenoxy) is 1. The van der Waals surface area contributed by atoms with Crippen molar-refractivity contribution in [2.45, 2.75) is 32.4 Å². The van der Waals surface area contributed by atoms with Crippen molar-refractivity contribution in [3.8, 4) is 11.3 Å². The van der Waals surface area contributed by atoms with Crippen LogP contribution in [0.15, 0.2) is 31.0 Å². The topological polar surface area (TPSA) is 65.7 Å². The van der Waals surface area contributed by atoms with Crippen LogP contribution in [0.5, 0.6) is 0 Å². The van der Waals surface area contributed by atoms with E-state index in [1.807, 2.05) is 30.0 Å². The van der Waals surface area contributed by atoms with E-state index in [1.54, 1.807) is 12.5 Å². The molecular weight excluding hydrogens is 278 g/mol. The van der Waals surface area contributed by atoms with Crippen molar-refractivity contribution in [1.29, 1.82) is 0 Å². The zero-order chi connectivity index (χ0) is 14.9. The highest BCUT2D eigenvalue weighted by molar-refractivity contribution is 5.87. The Balaban J connectivity index is 1.85. The molecule has 1 unspecified atom stereocenters. The minimum Gasteiger partial charge on any atom is -0.358 e. The summed E-state index contributed by atoms with van der Waals surface area (Å²) >= 11 is 0. The predicted octanol–water partition coefficient (Wildman–Crippen LogP) is 2.90. The highest BCUT2D eigenvalue weighted by atomic mass is 16.5. The van der Waals surface area contributed by atoms with Crippen LogP contribution in [-0.4, -0.2) is 31.1 Å². The van der Waals surface area contributed by atoms with Crippen molar-refractivity contribution in [2.24, 2.45) is 0 Å². The van der Waals surface area contributed by atoms with E-state index in [0.717, 1.165) is 47.6 Å². The van der Waals surface area contributed by atoms with Crippen molar-refractivity contribution in [3.63, 3.8) is 0 Å². The van der Waals surface area contributed by atoms with E-state index in [1.165, 1.54) is 6.42 Å². The largest absolute Gasteiger partial charge is 0.358 e. The molecule has 4 heterocycles. The number of nitrogens with zero attached hydrogens (tertiary/aromatic N) is 5. The molecule has 6 nitrogen and oxygen atoms in total. The monoisotopic (exact) mass is 295 g/mol. The summed E-state index contributed by atoms with van der Waals surface area (Å²) in [6.07, 6.45) is 8.50. The standard InChI is InChI=1S/C16H17N5O/c1-11-12(5-4-7-17-11)14-15-16(19-9-18-14)21(10-20-15)13-6-2-3-8-22-13/h4-5,7,9-10,13H,2-3,6,8H2,1H3. The van der Waals surface area contributed by atoms with Crippen LogP contribution in [0.2, 0.25) is 0 Å². The SMILES string of the molecule is Cc1ncccc1-c1ncnc2c1ncn2C1CCCCO1. The molecule has 1 aliphatic rings. The summed E-state index contributed by atoms with van der Waals surface area (Å²) in [7, 11) is 0. The van der Waals surface area contributed by atoms with Gasteiger partial charge in [0.1, 0.15) is 23.8 Å². The molecule has 3 aromatic rings. The first-order valence-electron chi connectivity index (χ1n) is 7.56. The summed E-state index contributed by atoms with van der Waals surface area (Å²) in [4.78, 5) is 17.7. The number of fused-ring (bicyclic) bond motifs is 1. The Morgan fingerprint density at radius 3 is 2.95 bits per heavy atom. The van der Waals surface area contributed by atoms with Gasteiger partial charge in [-0.3, -0.25) is 9.55 Å². The quantitative estimate of drug-likeness (QED) is 0.727. The van der Waals surface area contributed by atoms with Gasteiger partial charge in [-0.1, -0.05) is 0 Å². The predicted molar refractivity (Wildman–Crippen MR) is 82.1 cm³/mol. The van der Waals surface area contributed by atoms with Crippen LogP contribution in [0.25, 0.3) is 22.4 Å². The lowest BCUT2D eigenvalue weighted by Crippen LogP contribution is -2.17. The van der Waals surface area contributed by atoms with Crippen LogP contribution in [-0.2, 0) is 4.74 Å². The molecule has 0 aliphatic carbocycles. The maximum atomic E-state index is 5.85. The molecule has 22 heavy (non-hydrogen) atoms. The summed E-state index contributed by atoms with van der Waals surface area (Å²) in [6, 6.07) is 3.93. The summed E-state index contributed by atoms with van der Waals surface area (Å²) < 4.78 is 7.87. The van der Waals surface area contributed by atoms with Gasteiger partial charge >= 0.3 is 0 Å². The molecule has 0 saturated carbocycles. The van der Waals surface area contributed by atoms with Crippen molar-refractivity contribution < 1.29 is 4.74 Å². The lowest BCUT2D eigenvalue weighted by Gasteiger charge is -2.23. The van der Waals surface area contributed by atoms with Crippen LogP contribution < -0.4 is 0 Å². The maximum absolute atomic E-state index is 5.85. The summed E-state index contributed by atoms with van der Waals surface area (Å²) in [5, 5.41) is 0. The van der Waals surface area contributed by atoms with E-state index < -0.39 is 0 Å². The molecule has 0 radical (unpaired) electrons. The first-order chi connectivity index (χ1) is 10.8. The lowest BCUT2D eigenvalue weighted by molar-refractivity contribution is -0.0298. The van der Waals surface area contributed by atoms with Crippen LogP contribution in [0.4, 0.5) is 0 Å². The first kappa shape index (κ1) is 13.3. The Morgan fingerprint density at radius 2 is 2.14 bits per heavy atom. The molecule has 112 valence electrons. The third-order valence-corrected chi connectivity index (χ3v) is 4.09. The van der Waals surface area contributed by atoms with Gasteiger partial charge in [-0.25, -0.2) is 15.0 Å². The fourth-order valence-corrected chi connectivity index (χ4v) is 2.94. The van der Waals surface area contributed by atoms with E-state index in [-0.39, 0.29) is 6.23 Å². The Labute approximate surface area is 128 Å². The van der Waals surface area contributed by atoms with E-state index >= 15 is 0 Å². The van der Waals surface area contributed by atoms with Gasteiger partial charge in [-0.15, -0.1) is 0 Å². The van der Waals surface area contributed by atoms with Gasteiger partial charge in [0.2, 0.25) is 0 Å². The van der Waals surface area contributed by atoms with Gasteiger partial charge in [-0.05, 0) is 38.3 Å². The fraction of sp³-hybridized carbons (Fsp3) is 0.375. The molecule has 1 saturated heterocycles. The van der Waals surface area contributed by atoms with E-state index in [2.05, 4.69) is 19.9 Å². The number of hydrogen-bond donors (Lipinski definition) is 0. The average molecular weight is 295 g/mol. The van der Waals surface area contributed by atoms with Crippen molar-refractivity contribution in [1.82, 2.24) is 24.5 Å². The second-order valence-electron chi connectivity index (χ2n) is 5.50. The molecule has 0 N–H and O–H groups in total. The van der Waals surface area contributed by atoms with E-state index in [0.29, 0.717) is 0 Å². The highest BCUT2D eigenvalue weighted by Gasteiger charge is 2.20. The molecule has 0 bridgehead atoms. The van der Waals surface area contributed by atoms with Crippen molar-refractivity contribution in [3.05, 3.63) is 36.7 Å². The van der Waals surface area contributed by atoms with Crippen molar-refractivity contribution >= 4 is 11.2 Å². The molecule has 4 rings (SSSR count). The minimum absolute atomic E-state index is 0.0245. The summed E-state index contributed by atoms with van der Waals surface area (Å²) in [5.74, 6) is 0. The summed E-state index contributed by atoms with van der Waals surface area (Å²) in [6.45, 7) is 2.77. The molecule has 3 aromatic heterocycles. The molecule has 0 amide bonds. The number of rotatable bonds is 2. The Morgan fingerprint density at radius 1 is 1.18 bits per heavy atom. The van der Waals surface area contributed by atoms with Crippen LogP contribution >= 0.6 is 0 Å². The van der Waals surface area contributed by atoms with Gasteiger partial charge in [0.05, 0.1) is 6.33 Å². The molecular formula is C16H17N5O. The normalized spacial score (nSPS) is 18.7. The lowest BCUT2D eigenvalue weighted by atomic mass is 10.1.